The monoisotopic (exact) mass is 264 g/mol. The smallest absolute Gasteiger partial charge is 0.342 e. The van der Waals surface area contributed by atoms with Gasteiger partial charge in [-0.1, -0.05) is 12.6 Å². The zero-order chi connectivity index (χ0) is 14.4. The molecule has 0 aromatic heterocycles. The number of nitrogens with two attached hydrogens (primary N) is 2. The Morgan fingerprint density at radius 3 is 2.47 bits per heavy atom. The summed E-state index contributed by atoms with van der Waals surface area (Å²) in [7, 11) is 0. The van der Waals surface area contributed by atoms with Gasteiger partial charge in [-0.3, -0.25) is 0 Å². The molecule has 6 nitrogen and oxygen atoms in total. The molecule has 0 heterocycles. The first-order valence-electron chi connectivity index (χ1n) is 5.59. The molecular formula is C13H16N2O4. The van der Waals surface area contributed by atoms with Crippen LogP contribution in [-0.4, -0.2) is 24.6 Å². The Labute approximate surface area is 111 Å². The summed E-state index contributed by atoms with van der Waals surface area (Å²) in [5.41, 5.74) is 11.9. The highest BCUT2D eigenvalue weighted by Crippen LogP contribution is 2.20. The van der Waals surface area contributed by atoms with Crippen molar-refractivity contribution in [3.63, 3.8) is 0 Å². The van der Waals surface area contributed by atoms with E-state index in [-0.39, 0.29) is 23.5 Å². The first kappa shape index (κ1) is 14.6. The number of carbonyl (C=O) groups excluding carboxylic acids is 2. The first-order valence-corrected chi connectivity index (χ1v) is 5.59. The van der Waals surface area contributed by atoms with Gasteiger partial charge in [0, 0.05) is 17.5 Å². The predicted octanol–water partition coefficient (Wildman–Crippen LogP) is 1.13. The van der Waals surface area contributed by atoms with E-state index in [9.17, 15) is 9.59 Å². The van der Waals surface area contributed by atoms with Crippen LogP contribution < -0.4 is 11.5 Å². The van der Waals surface area contributed by atoms with Crippen molar-refractivity contribution in [1.29, 1.82) is 0 Å². The van der Waals surface area contributed by atoms with Gasteiger partial charge in [-0.05, 0) is 19.1 Å². The van der Waals surface area contributed by atoms with Gasteiger partial charge in [-0.25, -0.2) is 9.59 Å². The van der Waals surface area contributed by atoms with Crippen LogP contribution in [0.15, 0.2) is 30.9 Å². The predicted molar refractivity (Wildman–Crippen MR) is 71.3 cm³/mol. The lowest BCUT2D eigenvalue weighted by Gasteiger charge is -2.13. The normalized spacial score (nSPS) is 11.4. The van der Waals surface area contributed by atoms with E-state index >= 15 is 0 Å². The highest BCUT2D eigenvalue weighted by molar-refractivity contribution is 6.00. The summed E-state index contributed by atoms with van der Waals surface area (Å²) in [6.07, 6.45) is 0.450. The average molecular weight is 264 g/mol. The number of nitrogen functional groups attached to an aromatic ring is 2. The summed E-state index contributed by atoms with van der Waals surface area (Å²) in [5.74, 6) is -1.24. The van der Waals surface area contributed by atoms with Crippen LogP contribution in [-0.2, 0) is 14.3 Å². The van der Waals surface area contributed by atoms with Gasteiger partial charge in [0.05, 0.1) is 0 Å². The lowest BCUT2D eigenvalue weighted by molar-refractivity contribution is -0.144. The summed E-state index contributed by atoms with van der Waals surface area (Å²) >= 11 is 0. The number of ether oxygens (including phenoxy) is 2. The fourth-order valence-electron chi connectivity index (χ4n) is 1.37. The SMILES string of the molecule is C=CC(=O)OC(C)COC(=O)c1c(N)cccc1N. The third-order valence-corrected chi connectivity index (χ3v) is 2.27. The molecule has 1 rings (SSSR count). The van der Waals surface area contributed by atoms with Gasteiger partial charge in [0.1, 0.15) is 18.3 Å². The summed E-state index contributed by atoms with van der Waals surface area (Å²) in [4.78, 5) is 22.7. The van der Waals surface area contributed by atoms with Crippen molar-refractivity contribution in [2.45, 2.75) is 13.0 Å². The number of esters is 2. The zero-order valence-corrected chi connectivity index (χ0v) is 10.6. The fraction of sp³-hybridized carbons (Fsp3) is 0.231. The molecule has 6 heteroatoms. The van der Waals surface area contributed by atoms with E-state index < -0.39 is 18.0 Å². The quantitative estimate of drug-likeness (QED) is 0.469. The lowest BCUT2D eigenvalue weighted by Crippen LogP contribution is -2.22. The second kappa shape index (κ2) is 6.44. The average Bonchev–Trinajstić information content (AvgIpc) is 2.36. The second-order valence-electron chi connectivity index (χ2n) is 3.86. The largest absolute Gasteiger partial charge is 0.458 e. The molecule has 1 aromatic rings. The van der Waals surface area contributed by atoms with E-state index in [4.69, 9.17) is 20.9 Å². The number of rotatable bonds is 5. The van der Waals surface area contributed by atoms with Crippen molar-refractivity contribution in [1.82, 2.24) is 0 Å². The van der Waals surface area contributed by atoms with E-state index in [1.165, 1.54) is 0 Å². The van der Waals surface area contributed by atoms with Crippen LogP contribution in [0.5, 0.6) is 0 Å². The van der Waals surface area contributed by atoms with Crippen molar-refractivity contribution in [3.8, 4) is 0 Å². The molecule has 0 radical (unpaired) electrons. The van der Waals surface area contributed by atoms with Crippen molar-refractivity contribution in [2.75, 3.05) is 18.1 Å². The summed E-state index contributed by atoms with van der Waals surface area (Å²) in [5, 5.41) is 0. The molecule has 4 N–H and O–H groups in total. The van der Waals surface area contributed by atoms with Crippen molar-refractivity contribution < 1.29 is 19.1 Å². The molecular weight excluding hydrogens is 248 g/mol. The topological polar surface area (TPSA) is 105 Å². The molecule has 0 amide bonds. The van der Waals surface area contributed by atoms with E-state index in [0.29, 0.717) is 0 Å². The Balaban J connectivity index is 2.61. The molecule has 102 valence electrons. The zero-order valence-electron chi connectivity index (χ0n) is 10.6. The van der Waals surface area contributed by atoms with Gasteiger partial charge >= 0.3 is 11.9 Å². The maximum absolute atomic E-state index is 11.8. The molecule has 0 fully saturated rings. The van der Waals surface area contributed by atoms with Gasteiger partial charge in [0.25, 0.3) is 0 Å². The van der Waals surface area contributed by atoms with Crippen molar-refractivity contribution in [3.05, 3.63) is 36.4 Å². The van der Waals surface area contributed by atoms with Crippen LogP contribution in [0.4, 0.5) is 11.4 Å². The van der Waals surface area contributed by atoms with Gasteiger partial charge in [-0.2, -0.15) is 0 Å². The molecule has 0 aliphatic heterocycles. The van der Waals surface area contributed by atoms with Crippen molar-refractivity contribution in [2.24, 2.45) is 0 Å². The van der Waals surface area contributed by atoms with Crippen LogP contribution in [0.3, 0.4) is 0 Å². The van der Waals surface area contributed by atoms with Crippen LogP contribution in [0.2, 0.25) is 0 Å². The number of hydrogen-bond acceptors (Lipinski definition) is 6. The number of hydrogen-bond donors (Lipinski definition) is 2. The standard InChI is InChI=1S/C13H16N2O4/c1-3-11(16)19-8(2)7-18-13(17)12-9(14)5-4-6-10(12)15/h3-6,8H,1,7,14-15H2,2H3. The third kappa shape index (κ3) is 4.02. The summed E-state index contributed by atoms with van der Waals surface area (Å²) in [6.45, 7) is 4.76. The molecule has 1 unspecified atom stereocenters. The molecule has 19 heavy (non-hydrogen) atoms. The number of anilines is 2. The maximum atomic E-state index is 11.8. The van der Waals surface area contributed by atoms with Gasteiger partial charge in [0.15, 0.2) is 0 Å². The Hall–Kier alpha value is -2.50. The Morgan fingerprint density at radius 2 is 1.95 bits per heavy atom. The highest BCUT2D eigenvalue weighted by atomic mass is 16.6. The second-order valence-corrected chi connectivity index (χ2v) is 3.86. The molecule has 0 bridgehead atoms. The lowest BCUT2D eigenvalue weighted by atomic mass is 10.1. The number of benzene rings is 1. The number of carbonyl (C=O) groups is 2. The van der Waals surface area contributed by atoms with Crippen LogP contribution >= 0.6 is 0 Å². The van der Waals surface area contributed by atoms with Crippen molar-refractivity contribution >= 4 is 23.3 Å². The van der Waals surface area contributed by atoms with Crippen LogP contribution in [0, 0.1) is 0 Å². The van der Waals surface area contributed by atoms with Crippen LogP contribution in [0.25, 0.3) is 0 Å². The Kier molecular flexibility index (Phi) is 4.93. The van der Waals surface area contributed by atoms with E-state index in [1.807, 2.05) is 0 Å². The van der Waals surface area contributed by atoms with E-state index in [0.717, 1.165) is 6.08 Å². The van der Waals surface area contributed by atoms with E-state index in [1.54, 1.807) is 25.1 Å². The summed E-state index contributed by atoms with van der Waals surface area (Å²) in [6, 6.07) is 4.73. The van der Waals surface area contributed by atoms with Gasteiger partial charge in [0.2, 0.25) is 0 Å². The molecule has 1 aromatic carbocycles. The minimum Gasteiger partial charge on any atom is -0.458 e. The maximum Gasteiger partial charge on any atom is 0.342 e. The van der Waals surface area contributed by atoms with Gasteiger partial charge in [-0.15, -0.1) is 0 Å². The molecule has 0 saturated carbocycles. The minimum absolute atomic E-state index is 0.0911. The Bertz CT molecular complexity index is 479. The Morgan fingerprint density at radius 1 is 1.37 bits per heavy atom. The molecule has 0 aliphatic carbocycles. The molecule has 1 atom stereocenters. The first-order chi connectivity index (χ1) is 8.95. The van der Waals surface area contributed by atoms with Gasteiger partial charge < -0.3 is 20.9 Å². The third-order valence-electron chi connectivity index (χ3n) is 2.27. The molecule has 0 saturated heterocycles. The summed E-state index contributed by atoms with van der Waals surface area (Å²) < 4.78 is 9.84. The van der Waals surface area contributed by atoms with E-state index in [2.05, 4.69) is 6.58 Å². The highest BCUT2D eigenvalue weighted by Gasteiger charge is 2.16. The van der Waals surface area contributed by atoms with Crippen LogP contribution in [0.1, 0.15) is 17.3 Å². The fourth-order valence-corrected chi connectivity index (χ4v) is 1.37. The minimum atomic E-state index is -0.655. The molecule has 0 aliphatic rings. The molecule has 0 spiro atoms.